The molecule has 2 rings (SSSR count). The minimum absolute atomic E-state index is 0.0613. The van der Waals surface area contributed by atoms with Gasteiger partial charge in [0.1, 0.15) is 0 Å². The first-order chi connectivity index (χ1) is 11.9. The number of rotatable bonds is 7. The molecule has 0 aliphatic heterocycles. The van der Waals surface area contributed by atoms with Crippen LogP contribution in [0.2, 0.25) is 18.1 Å². The Morgan fingerprint density at radius 1 is 1.08 bits per heavy atom. The molecule has 0 spiro atoms. The van der Waals surface area contributed by atoms with Crippen molar-refractivity contribution >= 4 is 18.2 Å². The quantitative estimate of drug-likeness (QED) is 0.602. The van der Waals surface area contributed by atoms with Gasteiger partial charge in [-0.25, -0.2) is 8.42 Å². The van der Waals surface area contributed by atoms with Crippen LogP contribution in [0.15, 0.2) is 58.4 Å². The summed E-state index contributed by atoms with van der Waals surface area (Å²) < 4.78 is 32.3. The van der Waals surface area contributed by atoms with E-state index in [1.54, 1.807) is 30.3 Å². The Morgan fingerprint density at radius 2 is 1.68 bits per heavy atom. The van der Waals surface area contributed by atoms with Gasteiger partial charge in [-0.2, -0.15) is 0 Å². The Hall–Kier alpha value is -1.17. The number of hydrogen-bond acceptors (Lipinski definition) is 3. The maximum Gasteiger partial charge on any atom is 0.206 e. The molecule has 0 bridgehead atoms. The van der Waals surface area contributed by atoms with Crippen molar-refractivity contribution in [2.75, 3.05) is 0 Å². The van der Waals surface area contributed by atoms with E-state index in [0.29, 0.717) is 16.2 Å². The molecule has 0 heterocycles. The summed E-state index contributed by atoms with van der Waals surface area (Å²) in [5.41, 5.74) is 0. The number of benzene rings is 1. The third-order valence-corrected chi connectivity index (χ3v) is 11.9. The van der Waals surface area contributed by atoms with Gasteiger partial charge in [-0.3, -0.25) is 0 Å². The maximum absolute atomic E-state index is 12.9. The maximum atomic E-state index is 12.9. The van der Waals surface area contributed by atoms with Crippen molar-refractivity contribution in [3.63, 3.8) is 0 Å². The molecule has 2 atom stereocenters. The third kappa shape index (κ3) is 4.52. The summed E-state index contributed by atoms with van der Waals surface area (Å²) in [5.74, 6) is 0.205. The molecule has 0 fully saturated rings. The lowest BCUT2D eigenvalue weighted by atomic mass is 10.0. The van der Waals surface area contributed by atoms with Gasteiger partial charge in [-0.1, -0.05) is 58.0 Å². The van der Waals surface area contributed by atoms with Gasteiger partial charge < -0.3 is 4.43 Å². The van der Waals surface area contributed by atoms with Gasteiger partial charge >= 0.3 is 0 Å². The standard InChI is InChI=1S/C20H30O3SSi/c1-5-25(6-2,7-3)23-20-16-15-19(14-13-17(20)4)24(21,22)18-11-9-8-10-12-18/h8-15,17,20H,5-7,16H2,1-4H3. The highest BCUT2D eigenvalue weighted by Gasteiger charge is 2.34. The first-order valence-electron chi connectivity index (χ1n) is 9.25. The Morgan fingerprint density at radius 3 is 2.24 bits per heavy atom. The zero-order valence-electron chi connectivity index (χ0n) is 15.7. The first-order valence-corrected chi connectivity index (χ1v) is 13.3. The molecule has 138 valence electrons. The van der Waals surface area contributed by atoms with Gasteiger partial charge in [0, 0.05) is 0 Å². The van der Waals surface area contributed by atoms with Crippen molar-refractivity contribution in [2.24, 2.45) is 5.92 Å². The summed E-state index contributed by atoms with van der Waals surface area (Å²) in [5, 5.41) is 0. The SMILES string of the molecule is CC[Si](CC)(CC)OC1CC=C(S(=O)(=O)c2ccccc2)C=CC1C. The second-order valence-electron chi connectivity index (χ2n) is 6.78. The van der Waals surface area contributed by atoms with Gasteiger partial charge in [0.25, 0.3) is 0 Å². The summed E-state index contributed by atoms with van der Waals surface area (Å²) >= 11 is 0. The highest BCUT2D eigenvalue weighted by atomic mass is 32.2. The molecule has 2 unspecified atom stereocenters. The fourth-order valence-corrected chi connectivity index (χ4v) is 7.61. The molecule has 1 aromatic carbocycles. The second-order valence-corrected chi connectivity index (χ2v) is 13.4. The van der Waals surface area contributed by atoms with Crippen LogP contribution >= 0.6 is 0 Å². The van der Waals surface area contributed by atoms with Crippen molar-refractivity contribution in [3.05, 3.63) is 53.5 Å². The fourth-order valence-electron chi connectivity index (χ4n) is 3.30. The molecule has 0 amide bonds. The molecular weight excluding hydrogens is 348 g/mol. The van der Waals surface area contributed by atoms with E-state index in [0.717, 1.165) is 18.1 Å². The average Bonchev–Trinajstić information content (AvgIpc) is 2.83. The van der Waals surface area contributed by atoms with Crippen LogP contribution in [0.1, 0.15) is 34.1 Å². The van der Waals surface area contributed by atoms with Crippen LogP contribution < -0.4 is 0 Å². The third-order valence-electron chi connectivity index (χ3n) is 5.40. The van der Waals surface area contributed by atoms with Crippen molar-refractivity contribution < 1.29 is 12.8 Å². The van der Waals surface area contributed by atoms with E-state index in [-0.39, 0.29) is 12.0 Å². The van der Waals surface area contributed by atoms with Gasteiger partial charge in [0.05, 0.1) is 15.9 Å². The van der Waals surface area contributed by atoms with Crippen LogP contribution in [0.25, 0.3) is 0 Å². The topological polar surface area (TPSA) is 43.4 Å². The predicted octanol–water partition coefficient (Wildman–Crippen LogP) is 5.33. The van der Waals surface area contributed by atoms with E-state index in [1.165, 1.54) is 0 Å². The largest absolute Gasteiger partial charge is 0.413 e. The fraction of sp³-hybridized carbons (Fsp3) is 0.500. The molecule has 0 aromatic heterocycles. The van der Waals surface area contributed by atoms with E-state index < -0.39 is 18.2 Å². The number of hydrogen-bond donors (Lipinski definition) is 0. The Bertz CT molecular complexity index is 710. The average molecular weight is 379 g/mol. The van der Waals surface area contributed by atoms with Crippen molar-refractivity contribution in [3.8, 4) is 0 Å². The summed E-state index contributed by atoms with van der Waals surface area (Å²) in [6, 6.07) is 11.9. The summed E-state index contributed by atoms with van der Waals surface area (Å²) in [4.78, 5) is 0.728. The lowest BCUT2D eigenvalue weighted by Gasteiger charge is -2.34. The molecule has 0 saturated carbocycles. The molecule has 1 aliphatic rings. The highest BCUT2D eigenvalue weighted by Crippen LogP contribution is 2.31. The van der Waals surface area contributed by atoms with Gasteiger partial charge in [0.15, 0.2) is 8.32 Å². The van der Waals surface area contributed by atoms with Crippen LogP contribution in [-0.2, 0) is 14.3 Å². The van der Waals surface area contributed by atoms with Gasteiger partial charge in [-0.05, 0) is 48.7 Å². The molecule has 3 nitrogen and oxygen atoms in total. The Balaban J connectivity index is 2.27. The van der Waals surface area contributed by atoms with Gasteiger partial charge in [-0.15, -0.1) is 0 Å². The van der Waals surface area contributed by atoms with Crippen molar-refractivity contribution in [2.45, 2.75) is 63.2 Å². The molecular formula is C20H30O3SSi. The minimum atomic E-state index is -3.46. The van der Waals surface area contributed by atoms with E-state index in [4.69, 9.17) is 4.43 Å². The smallest absolute Gasteiger partial charge is 0.206 e. The first kappa shape index (κ1) is 20.1. The number of allylic oxidation sites excluding steroid dienone is 1. The Labute approximate surface area is 153 Å². The van der Waals surface area contributed by atoms with Crippen LogP contribution in [0.4, 0.5) is 0 Å². The predicted molar refractivity (Wildman–Crippen MR) is 107 cm³/mol. The number of sulfone groups is 1. The van der Waals surface area contributed by atoms with Crippen LogP contribution in [0.5, 0.6) is 0 Å². The zero-order chi connectivity index (χ0) is 18.5. The van der Waals surface area contributed by atoms with E-state index in [1.807, 2.05) is 18.2 Å². The zero-order valence-corrected chi connectivity index (χ0v) is 17.6. The molecule has 0 radical (unpaired) electrons. The monoisotopic (exact) mass is 378 g/mol. The van der Waals surface area contributed by atoms with Crippen molar-refractivity contribution in [1.29, 1.82) is 0 Å². The summed E-state index contributed by atoms with van der Waals surface area (Å²) in [7, 11) is -5.18. The second kappa shape index (κ2) is 8.47. The molecule has 1 aliphatic carbocycles. The summed E-state index contributed by atoms with van der Waals surface area (Å²) in [6.07, 6.45) is 6.29. The minimum Gasteiger partial charge on any atom is -0.413 e. The molecule has 25 heavy (non-hydrogen) atoms. The van der Waals surface area contributed by atoms with E-state index >= 15 is 0 Å². The summed E-state index contributed by atoms with van der Waals surface area (Å²) in [6.45, 7) is 8.78. The lowest BCUT2D eigenvalue weighted by Crippen LogP contribution is -2.41. The molecule has 1 aromatic rings. The highest BCUT2D eigenvalue weighted by molar-refractivity contribution is 7.95. The van der Waals surface area contributed by atoms with E-state index in [2.05, 4.69) is 27.7 Å². The van der Waals surface area contributed by atoms with Crippen LogP contribution in [0.3, 0.4) is 0 Å². The normalized spacial score (nSPS) is 21.7. The Kier molecular flexibility index (Phi) is 6.83. The molecule has 5 heteroatoms. The van der Waals surface area contributed by atoms with Crippen LogP contribution in [0, 0.1) is 5.92 Å². The lowest BCUT2D eigenvalue weighted by molar-refractivity contribution is 0.154. The van der Waals surface area contributed by atoms with E-state index in [9.17, 15) is 8.42 Å². The molecule has 0 N–H and O–H groups in total. The van der Waals surface area contributed by atoms with Gasteiger partial charge in [0.2, 0.25) is 9.84 Å². The molecule has 0 saturated heterocycles. The van der Waals surface area contributed by atoms with Crippen molar-refractivity contribution in [1.82, 2.24) is 0 Å². The van der Waals surface area contributed by atoms with Crippen LogP contribution in [-0.4, -0.2) is 22.8 Å².